The third-order valence-corrected chi connectivity index (χ3v) is 10.7. The first kappa shape index (κ1) is 52.6. The average Bonchev–Trinajstić information content (AvgIpc) is 3.16. The van der Waals surface area contributed by atoms with Crippen molar-refractivity contribution in [3.05, 3.63) is 0 Å². The maximum absolute atomic E-state index is 13.7. The summed E-state index contributed by atoms with van der Waals surface area (Å²) < 4.78 is 0. The third-order valence-electron chi connectivity index (χ3n) is 10.7. The molecule has 0 heterocycles. The van der Waals surface area contributed by atoms with Gasteiger partial charge in [0.25, 0.3) is 0 Å². The minimum absolute atomic E-state index is 0.0851. The molecule has 0 aliphatic heterocycles. The fourth-order valence-electron chi connectivity index (χ4n) is 6.75. The first-order chi connectivity index (χ1) is 26.6. The fraction of sp³-hybridized carbons (Fsp3) is 0.837. The average molecular weight is 793 g/mol. The summed E-state index contributed by atoms with van der Waals surface area (Å²) in [6.07, 6.45) is 17.0. The van der Waals surface area contributed by atoms with E-state index >= 15 is 0 Å². The molecular formula is C43H80N6O7. The largest absolute Gasteiger partial charge is 0.394 e. The van der Waals surface area contributed by atoms with Crippen LogP contribution in [-0.4, -0.2) is 77.4 Å². The predicted octanol–water partition coefficient (Wildman–Crippen LogP) is 5.82. The number of hydrogen-bond donors (Lipinski definition) is 6. The highest BCUT2D eigenvalue weighted by atomic mass is 16.3. The number of nitrogens with zero attached hydrogens (tertiary/aromatic N) is 1. The quantitative estimate of drug-likeness (QED) is 0.0258. The molecule has 8 N–H and O–H groups in total. The highest BCUT2D eigenvalue weighted by Gasteiger charge is 2.33. The second kappa shape index (κ2) is 31.7. The number of hydrogen-bond acceptors (Lipinski definition) is 8. The number of nitrogens with two attached hydrogens (primary N) is 2. The molecule has 0 saturated carbocycles. The highest BCUT2D eigenvalue weighted by molar-refractivity contribution is 5.96. The maximum atomic E-state index is 13.7. The molecule has 324 valence electrons. The molecule has 0 saturated heterocycles. The van der Waals surface area contributed by atoms with Crippen molar-refractivity contribution < 1.29 is 33.9 Å². The molecule has 0 aromatic rings. The Balaban J connectivity index is 5.29. The number of aliphatic hydroxyl groups excluding tert-OH is 1. The summed E-state index contributed by atoms with van der Waals surface area (Å²) in [5, 5.41) is 18.4. The summed E-state index contributed by atoms with van der Waals surface area (Å²) in [5.74, 6) is -4.38. The second-order valence-corrected chi connectivity index (χ2v) is 16.1. The Labute approximate surface area is 338 Å². The molecule has 0 fully saturated rings. The van der Waals surface area contributed by atoms with Crippen LogP contribution in [0.2, 0.25) is 0 Å². The van der Waals surface area contributed by atoms with Crippen LogP contribution in [-0.2, 0) is 28.8 Å². The molecule has 56 heavy (non-hydrogen) atoms. The van der Waals surface area contributed by atoms with Crippen LogP contribution in [0.5, 0.6) is 0 Å². The molecular weight excluding hydrogens is 713 g/mol. The van der Waals surface area contributed by atoms with Crippen molar-refractivity contribution in [2.24, 2.45) is 40.1 Å². The fourth-order valence-corrected chi connectivity index (χ4v) is 6.75. The first-order valence-corrected chi connectivity index (χ1v) is 21.8. The van der Waals surface area contributed by atoms with E-state index in [1.807, 2.05) is 27.7 Å². The zero-order chi connectivity index (χ0) is 42.5. The van der Waals surface area contributed by atoms with Crippen molar-refractivity contribution in [2.45, 2.75) is 195 Å². The Morgan fingerprint density at radius 2 is 1.18 bits per heavy atom. The molecule has 6 atom stereocenters. The molecule has 0 aliphatic carbocycles. The van der Waals surface area contributed by atoms with Crippen LogP contribution in [0.25, 0.3) is 0 Å². The van der Waals surface area contributed by atoms with E-state index in [-0.39, 0.29) is 67.5 Å². The summed E-state index contributed by atoms with van der Waals surface area (Å²) in [7, 11) is 0. The van der Waals surface area contributed by atoms with Crippen LogP contribution < -0.4 is 27.4 Å². The molecule has 0 aromatic heterocycles. The lowest BCUT2D eigenvalue weighted by Crippen LogP contribution is -2.50. The van der Waals surface area contributed by atoms with Gasteiger partial charge in [-0.3, -0.25) is 33.8 Å². The minimum Gasteiger partial charge on any atom is -0.394 e. The minimum atomic E-state index is -1.31. The number of carbonyl (C=O) groups excluding carboxylic acids is 6. The van der Waals surface area contributed by atoms with E-state index in [9.17, 15) is 33.9 Å². The van der Waals surface area contributed by atoms with Gasteiger partial charge >= 0.3 is 0 Å². The number of unbranched alkanes of at least 4 members (excludes halogenated alkanes) is 12. The van der Waals surface area contributed by atoms with Crippen molar-refractivity contribution in [3.63, 3.8) is 0 Å². The topological polar surface area (TPSA) is 223 Å². The summed E-state index contributed by atoms with van der Waals surface area (Å²) in [4.78, 5) is 82.9. The van der Waals surface area contributed by atoms with Gasteiger partial charge in [-0.15, -0.1) is 0 Å². The molecule has 0 spiro atoms. The Bertz CT molecular complexity index is 1190. The number of amides is 3. The SMILES string of the molecule is CCCCCCCCCCCCCCCC(=O)N[C@H](C(=O)C[C@@H](CCCN=C(N)N)C(=O)N[C@@H](CO)C(=O)C[C@@H](C)C(=O)N[C@H](C(=O)CC)[C@@H](C)CC)C(C)C. The van der Waals surface area contributed by atoms with Gasteiger partial charge in [0, 0.05) is 44.1 Å². The van der Waals surface area contributed by atoms with E-state index in [0.29, 0.717) is 19.3 Å². The van der Waals surface area contributed by atoms with Crippen LogP contribution in [0.1, 0.15) is 177 Å². The number of carbonyl (C=O) groups is 6. The van der Waals surface area contributed by atoms with Gasteiger partial charge in [0.1, 0.15) is 6.04 Å². The van der Waals surface area contributed by atoms with Crippen molar-refractivity contribution in [2.75, 3.05) is 13.2 Å². The number of nitrogens with one attached hydrogen (secondary N) is 3. The van der Waals surface area contributed by atoms with E-state index < -0.39 is 54.2 Å². The van der Waals surface area contributed by atoms with Crippen LogP contribution >= 0.6 is 0 Å². The van der Waals surface area contributed by atoms with E-state index in [0.717, 1.165) is 25.7 Å². The molecule has 0 aliphatic rings. The highest BCUT2D eigenvalue weighted by Crippen LogP contribution is 2.19. The van der Waals surface area contributed by atoms with E-state index in [4.69, 9.17) is 11.5 Å². The Morgan fingerprint density at radius 3 is 1.66 bits per heavy atom. The molecule has 13 heteroatoms. The van der Waals surface area contributed by atoms with E-state index in [1.54, 1.807) is 13.8 Å². The van der Waals surface area contributed by atoms with Crippen LogP contribution in [0.15, 0.2) is 4.99 Å². The number of Topliss-reactive ketones (excluding diaryl/α,β-unsaturated/α-hetero) is 3. The van der Waals surface area contributed by atoms with Gasteiger partial charge < -0.3 is 32.5 Å². The summed E-state index contributed by atoms with van der Waals surface area (Å²) in [6.45, 7) is 12.5. The van der Waals surface area contributed by atoms with Crippen molar-refractivity contribution in [1.29, 1.82) is 0 Å². The number of ketones is 3. The van der Waals surface area contributed by atoms with Crippen LogP contribution in [0.4, 0.5) is 0 Å². The Morgan fingerprint density at radius 1 is 0.625 bits per heavy atom. The number of rotatable bonds is 35. The predicted molar refractivity (Wildman–Crippen MR) is 225 cm³/mol. The van der Waals surface area contributed by atoms with Gasteiger partial charge in [-0.25, -0.2) is 0 Å². The normalized spacial score (nSPS) is 14.5. The maximum Gasteiger partial charge on any atom is 0.224 e. The molecule has 0 unspecified atom stereocenters. The number of aliphatic hydroxyl groups is 1. The first-order valence-electron chi connectivity index (χ1n) is 21.8. The van der Waals surface area contributed by atoms with Gasteiger partial charge in [0.15, 0.2) is 23.3 Å². The van der Waals surface area contributed by atoms with E-state index in [1.165, 1.54) is 57.8 Å². The third kappa shape index (κ3) is 23.7. The van der Waals surface area contributed by atoms with Gasteiger partial charge in [-0.2, -0.15) is 0 Å². The molecule has 0 radical (unpaired) electrons. The lowest BCUT2D eigenvalue weighted by Gasteiger charge is -2.26. The Hall–Kier alpha value is -3.35. The Kier molecular flexibility index (Phi) is 29.8. The summed E-state index contributed by atoms with van der Waals surface area (Å²) in [6, 6.07) is -2.78. The van der Waals surface area contributed by atoms with Gasteiger partial charge in [0.05, 0.1) is 18.7 Å². The van der Waals surface area contributed by atoms with Crippen molar-refractivity contribution in [3.8, 4) is 0 Å². The molecule has 13 nitrogen and oxygen atoms in total. The zero-order valence-corrected chi connectivity index (χ0v) is 36.1. The molecule has 0 bridgehead atoms. The van der Waals surface area contributed by atoms with Crippen molar-refractivity contribution >= 4 is 41.0 Å². The lowest BCUT2D eigenvalue weighted by molar-refractivity contribution is -0.136. The standard InChI is InChI=1S/C43H80N6O7/c1-8-11-12-13-14-15-16-17-18-19-20-21-22-25-38(54)48-39(30(4)5)37(53)28-33(24-23-26-46-43(44)45)42(56)47-34(29-50)36(52)27-32(7)41(55)49-40(31(6)9-2)35(51)10-3/h30-34,39-40,50H,8-29H2,1-7H3,(H,47,56)(H,48,54)(H,49,55)(H4,44,45,46)/t31-,32+,33+,34-,39-,40-/m0/s1. The monoisotopic (exact) mass is 793 g/mol. The zero-order valence-electron chi connectivity index (χ0n) is 36.1. The van der Waals surface area contributed by atoms with Crippen molar-refractivity contribution in [1.82, 2.24) is 16.0 Å². The lowest BCUT2D eigenvalue weighted by atomic mass is 9.89. The summed E-state index contributed by atoms with van der Waals surface area (Å²) >= 11 is 0. The smallest absolute Gasteiger partial charge is 0.224 e. The number of guanidine groups is 1. The molecule has 0 rings (SSSR count). The van der Waals surface area contributed by atoms with Gasteiger partial charge in [-0.05, 0) is 31.1 Å². The molecule has 0 aromatic carbocycles. The number of aliphatic imine (C=N–C) groups is 1. The van der Waals surface area contributed by atoms with Crippen LogP contribution in [0, 0.1) is 23.7 Å². The molecule has 3 amide bonds. The summed E-state index contributed by atoms with van der Waals surface area (Å²) in [5.41, 5.74) is 10.9. The van der Waals surface area contributed by atoms with Gasteiger partial charge in [-0.1, -0.05) is 132 Å². The van der Waals surface area contributed by atoms with E-state index in [2.05, 4.69) is 27.9 Å². The van der Waals surface area contributed by atoms with Crippen LogP contribution in [0.3, 0.4) is 0 Å². The second-order valence-electron chi connectivity index (χ2n) is 16.1. The van der Waals surface area contributed by atoms with Gasteiger partial charge in [0.2, 0.25) is 17.7 Å².